The van der Waals surface area contributed by atoms with Crippen LogP contribution in [0.25, 0.3) is 0 Å². The van der Waals surface area contributed by atoms with Crippen molar-refractivity contribution >= 4 is 27.6 Å². The molecule has 2 heterocycles. The Hall–Kier alpha value is -2.22. The number of hydrogen-bond acceptors (Lipinski definition) is 4. The lowest BCUT2D eigenvalue weighted by atomic mass is 10.1. The molecule has 1 saturated heterocycles. The average Bonchev–Trinajstić information content (AvgIpc) is 2.58. The third-order valence-electron chi connectivity index (χ3n) is 4.02. The van der Waals surface area contributed by atoms with Crippen LogP contribution < -0.4 is 9.64 Å². The largest absolute Gasteiger partial charge is 0.487 e. The Labute approximate surface area is 151 Å². The number of benzene rings is 1. The van der Waals surface area contributed by atoms with Gasteiger partial charge in [-0.25, -0.2) is 18.6 Å². The van der Waals surface area contributed by atoms with Gasteiger partial charge in [0.25, 0.3) is 0 Å². The van der Waals surface area contributed by atoms with Crippen molar-refractivity contribution in [1.82, 2.24) is 4.98 Å². The van der Waals surface area contributed by atoms with Gasteiger partial charge >= 0.3 is 5.97 Å². The predicted molar refractivity (Wildman–Crippen MR) is 91.1 cm³/mol. The van der Waals surface area contributed by atoms with E-state index in [2.05, 4.69) is 25.8 Å². The minimum Gasteiger partial charge on any atom is -0.487 e. The SMILES string of the molecule is O=C(O)c1cc(Br)c(N2CCC(Oc3ccc(F)cc3F)CC2)cn1. The van der Waals surface area contributed by atoms with Crippen LogP contribution in [0.2, 0.25) is 0 Å². The normalized spacial score (nSPS) is 15.2. The summed E-state index contributed by atoms with van der Waals surface area (Å²) in [5.41, 5.74) is 0.775. The summed E-state index contributed by atoms with van der Waals surface area (Å²) in [4.78, 5) is 16.9. The van der Waals surface area contributed by atoms with E-state index in [0.717, 1.165) is 11.8 Å². The van der Waals surface area contributed by atoms with E-state index in [1.807, 2.05) is 0 Å². The molecule has 2 aromatic rings. The van der Waals surface area contributed by atoms with Crippen molar-refractivity contribution in [3.05, 3.63) is 52.3 Å². The standard InChI is InChI=1S/C17H15BrF2N2O3/c18-12-8-14(17(23)24)21-9-15(12)22-5-3-11(4-6-22)25-16-2-1-10(19)7-13(16)20/h1-2,7-9,11H,3-6H2,(H,23,24). The van der Waals surface area contributed by atoms with Crippen LogP contribution in [-0.4, -0.2) is 35.3 Å². The van der Waals surface area contributed by atoms with Crippen molar-refractivity contribution < 1.29 is 23.4 Å². The molecule has 0 bridgehead atoms. The molecule has 25 heavy (non-hydrogen) atoms. The quantitative estimate of drug-likeness (QED) is 0.825. The number of carboxylic acid groups (broad SMARTS) is 1. The van der Waals surface area contributed by atoms with Crippen molar-refractivity contribution in [2.45, 2.75) is 18.9 Å². The van der Waals surface area contributed by atoms with Crippen LogP contribution in [0.15, 0.2) is 34.9 Å². The summed E-state index contributed by atoms with van der Waals surface area (Å²) in [5.74, 6) is -2.38. The minimum absolute atomic E-state index is 0.0272. The van der Waals surface area contributed by atoms with Gasteiger partial charge in [-0.15, -0.1) is 0 Å². The molecular weight excluding hydrogens is 398 g/mol. The molecule has 0 spiro atoms. The summed E-state index contributed by atoms with van der Waals surface area (Å²) in [7, 11) is 0. The molecule has 0 atom stereocenters. The molecule has 0 aliphatic carbocycles. The summed E-state index contributed by atoms with van der Waals surface area (Å²) in [5, 5.41) is 8.96. The summed E-state index contributed by atoms with van der Waals surface area (Å²) in [6.45, 7) is 1.31. The Morgan fingerprint density at radius 3 is 2.60 bits per heavy atom. The van der Waals surface area contributed by atoms with Crippen LogP contribution in [0.4, 0.5) is 14.5 Å². The van der Waals surface area contributed by atoms with E-state index < -0.39 is 17.6 Å². The molecular formula is C17H15BrF2N2O3. The molecule has 1 aromatic heterocycles. The molecule has 132 valence electrons. The van der Waals surface area contributed by atoms with Crippen LogP contribution in [0, 0.1) is 11.6 Å². The molecule has 8 heteroatoms. The third-order valence-corrected chi connectivity index (χ3v) is 4.66. The lowest BCUT2D eigenvalue weighted by Crippen LogP contribution is -2.38. The van der Waals surface area contributed by atoms with Crippen LogP contribution in [0.5, 0.6) is 5.75 Å². The van der Waals surface area contributed by atoms with Gasteiger partial charge in [-0.05, 0) is 34.1 Å². The van der Waals surface area contributed by atoms with Crippen molar-refractivity contribution in [2.75, 3.05) is 18.0 Å². The van der Waals surface area contributed by atoms with Crippen LogP contribution in [0.3, 0.4) is 0 Å². The maximum Gasteiger partial charge on any atom is 0.354 e. The van der Waals surface area contributed by atoms with Crippen LogP contribution in [0.1, 0.15) is 23.3 Å². The maximum absolute atomic E-state index is 13.7. The predicted octanol–water partition coefficient (Wildman–Crippen LogP) is 3.87. The molecule has 1 aromatic carbocycles. The number of piperidine rings is 1. The van der Waals surface area contributed by atoms with Crippen molar-refractivity contribution in [3.8, 4) is 5.75 Å². The summed E-state index contributed by atoms with van der Waals surface area (Å²) in [6, 6.07) is 4.73. The van der Waals surface area contributed by atoms with Gasteiger partial charge in [0.1, 0.15) is 17.6 Å². The van der Waals surface area contributed by atoms with E-state index >= 15 is 0 Å². The fourth-order valence-corrected chi connectivity index (χ4v) is 3.31. The number of carbonyl (C=O) groups is 1. The van der Waals surface area contributed by atoms with Gasteiger partial charge in [-0.1, -0.05) is 0 Å². The molecule has 1 aliphatic heterocycles. The molecule has 5 nitrogen and oxygen atoms in total. The van der Waals surface area contributed by atoms with Crippen LogP contribution in [-0.2, 0) is 0 Å². The smallest absolute Gasteiger partial charge is 0.354 e. The van der Waals surface area contributed by atoms with Gasteiger partial charge in [0.05, 0.1) is 11.9 Å². The van der Waals surface area contributed by atoms with Gasteiger partial charge in [0, 0.05) is 36.5 Å². The molecule has 1 aliphatic rings. The summed E-state index contributed by atoms with van der Waals surface area (Å²) in [6.07, 6.45) is 2.67. The maximum atomic E-state index is 13.7. The second-order valence-corrected chi connectivity index (χ2v) is 6.56. The number of ether oxygens (including phenoxy) is 1. The van der Waals surface area contributed by atoms with Crippen molar-refractivity contribution in [1.29, 1.82) is 0 Å². The zero-order chi connectivity index (χ0) is 18.0. The molecule has 0 unspecified atom stereocenters. The number of aromatic carboxylic acids is 1. The second-order valence-electron chi connectivity index (χ2n) is 5.71. The average molecular weight is 413 g/mol. The Morgan fingerprint density at radius 2 is 2.00 bits per heavy atom. The van der Waals surface area contributed by atoms with E-state index in [1.54, 1.807) is 0 Å². The number of carboxylic acids is 1. The zero-order valence-electron chi connectivity index (χ0n) is 13.1. The number of hydrogen-bond donors (Lipinski definition) is 1. The molecule has 3 rings (SSSR count). The molecule has 1 N–H and O–H groups in total. The first-order chi connectivity index (χ1) is 11.9. The molecule has 0 amide bonds. The number of anilines is 1. The van der Waals surface area contributed by atoms with Gasteiger partial charge in [-0.3, -0.25) is 0 Å². The Bertz CT molecular complexity index is 795. The van der Waals surface area contributed by atoms with E-state index in [4.69, 9.17) is 9.84 Å². The monoisotopic (exact) mass is 412 g/mol. The van der Waals surface area contributed by atoms with Crippen molar-refractivity contribution in [2.24, 2.45) is 0 Å². The van der Waals surface area contributed by atoms with E-state index in [-0.39, 0.29) is 17.5 Å². The lowest BCUT2D eigenvalue weighted by molar-refractivity contribution is 0.0690. The highest BCUT2D eigenvalue weighted by molar-refractivity contribution is 9.10. The van der Waals surface area contributed by atoms with Crippen LogP contribution >= 0.6 is 15.9 Å². The fraction of sp³-hybridized carbons (Fsp3) is 0.294. The van der Waals surface area contributed by atoms with Gasteiger partial charge < -0.3 is 14.7 Å². The molecule has 1 fully saturated rings. The Kier molecular flexibility index (Phi) is 5.17. The summed E-state index contributed by atoms with van der Waals surface area (Å²) < 4.78 is 32.9. The Balaban J connectivity index is 1.63. The summed E-state index contributed by atoms with van der Waals surface area (Å²) >= 11 is 3.37. The highest BCUT2D eigenvalue weighted by atomic mass is 79.9. The number of halogens is 3. The number of rotatable bonds is 4. The van der Waals surface area contributed by atoms with Gasteiger partial charge in [0.2, 0.25) is 0 Å². The first-order valence-corrected chi connectivity index (χ1v) is 8.49. The van der Waals surface area contributed by atoms with Gasteiger partial charge in [-0.2, -0.15) is 0 Å². The first kappa shape index (κ1) is 17.6. The Morgan fingerprint density at radius 1 is 1.28 bits per heavy atom. The number of pyridine rings is 1. The fourth-order valence-electron chi connectivity index (χ4n) is 2.74. The van der Waals surface area contributed by atoms with Gasteiger partial charge in [0.15, 0.2) is 11.6 Å². The second kappa shape index (κ2) is 7.35. The minimum atomic E-state index is -1.08. The zero-order valence-corrected chi connectivity index (χ0v) is 14.7. The molecule has 0 radical (unpaired) electrons. The van der Waals surface area contributed by atoms with E-state index in [1.165, 1.54) is 24.4 Å². The van der Waals surface area contributed by atoms with E-state index in [9.17, 15) is 13.6 Å². The first-order valence-electron chi connectivity index (χ1n) is 7.69. The lowest BCUT2D eigenvalue weighted by Gasteiger charge is -2.34. The number of aromatic nitrogens is 1. The highest BCUT2D eigenvalue weighted by Gasteiger charge is 2.23. The van der Waals surface area contributed by atoms with Crippen molar-refractivity contribution in [3.63, 3.8) is 0 Å². The number of nitrogens with zero attached hydrogens (tertiary/aromatic N) is 2. The molecule has 0 saturated carbocycles. The topological polar surface area (TPSA) is 62.7 Å². The van der Waals surface area contributed by atoms with E-state index in [0.29, 0.717) is 30.4 Å². The highest BCUT2D eigenvalue weighted by Crippen LogP contribution is 2.30. The third kappa shape index (κ3) is 4.07.